The summed E-state index contributed by atoms with van der Waals surface area (Å²) in [5, 5.41) is 3.29. The van der Waals surface area contributed by atoms with Gasteiger partial charge in [-0.25, -0.2) is 4.98 Å². The van der Waals surface area contributed by atoms with Gasteiger partial charge in [-0.05, 0) is 84.8 Å². The first-order valence-electron chi connectivity index (χ1n) is 12.6. The second-order valence-electron chi connectivity index (χ2n) is 9.48. The molecule has 1 N–H and O–H groups in total. The lowest BCUT2D eigenvalue weighted by atomic mass is 9.95. The Morgan fingerprint density at radius 1 is 1.08 bits per heavy atom. The molecule has 0 saturated carbocycles. The third kappa shape index (κ3) is 7.02. The highest BCUT2D eigenvalue weighted by Gasteiger charge is 2.31. The van der Waals surface area contributed by atoms with Gasteiger partial charge in [-0.1, -0.05) is 25.1 Å². The molecule has 1 aliphatic heterocycles. The van der Waals surface area contributed by atoms with Crippen molar-refractivity contribution in [3.8, 4) is 5.75 Å². The van der Waals surface area contributed by atoms with Crippen LogP contribution in [0.5, 0.6) is 5.75 Å². The van der Waals surface area contributed by atoms with E-state index < -0.39 is 11.7 Å². The Labute approximate surface area is 215 Å². The number of nitrogens with one attached hydrogen (secondary N) is 1. The summed E-state index contributed by atoms with van der Waals surface area (Å²) in [7, 11) is 0. The van der Waals surface area contributed by atoms with E-state index >= 15 is 0 Å². The first kappa shape index (κ1) is 26.5. The molecule has 1 unspecified atom stereocenters. The molecule has 196 valence electrons. The highest BCUT2D eigenvalue weighted by molar-refractivity contribution is 5.80. The van der Waals surface area contributed by atoms with Crippen LogP contribution in [0, 0.1) is 12.8 Å². The SMILES string of the molecule is CCC1Cc2ccc(OCCCNc3cc(C)ccn3)cc2CN(Cc2ccc(C(F)(F)F)cc2)C1=O. The van der Waals surface area contributed by atoms with Gasteiger partial charge >= 0.3 is 6.18 Å². The molecule has 8 heteroatoms. The van der Waals surface area contributed by atoms with Gasteiger partial charge in [-0.15, -0.1) is 0 Å². The van der Waals surface area contributed by atoms with Gasteiger partial charge in [0.05, 0.1) is 12.2 Å². The van der Waals surface area contributed by atoms with Gasteiger partial charge in [-0.3, -0.25) is 4.79 Å². The molecule has 37 heavy (non-hydrogen) atoms. The molecule has 1 amide bonds. The number of halogens is 3. The molecule has 5 nitrogen and oxygen atoms in total. The number of benzene rings is 2. The third-order valence-electron chi connectivity index (χ3n) is 6.63. The molecule has 0 spiro atoms. The molecule has 0 fully saturated rings. The van der Waals surface area contributed by atoms with Gasteiger partial charge in [0.1, 0.15) is 11.6 Å². The smallest absolute Gasteiger partial charge is 0.416 e. The lowest BCUT2D eigenvalue weighted by Gasteiger charge is -2.24. The highest BCUT2D eigenvalue weighted by Crippen LogP contribution is 2.31. The monoisotopic (exact) mass is 511 g/mol. The predicted molar refractivity (Wildman–Crippen MR) is 137 cm³/mol. The van der Waals surface area contributed by atoms with E-state index in [1.807, 2.05) is 44.2 Å². The number of aromatic nitrogens is 1. The summed E-state index contributed by atoms with van der Waals surface area (Å²) in [6.07, 6.45) is -0.473. The quantitative estimate of drug-likeness (QED) is 0.338. The van der Waals surface area contributed by atoms with Crippen molar-refractivity contribution in [2.75, 3.05) is 18.5 Å². The summed E-state index contributed by atoms with van der Waals surface area (Å²) in [5.74, 6) is 1.44. The molecule has 0 aliphatic carbocycles. The summed E-state index contributed by atoms with van der Waals surface area (Å²) in [4.78, 5) is 19.3. The van der Waals surface area contributed by atoms with Crippen LogP contribution in [-0.2, 0) is 30.5 Å². The average Bonchev–Trinajstić information content (AvgIpc) is 2.99. The second-order valence-corrected chi connectivity index (χ2v) is 9.48. The largest absolute Gasteiger partial charge is 0.494 e. The minimum Gasteiger partial charge on any atom is -0.494 e. The number of fused-ring (bicyclic) bond motifs is 1. The Morgan fingerprint density at radius 2 is 1.86 bits per heavy atom. The van der Waals surface area contributed by atoms with Crippen LogP contribution in [0.1, 0.15) is 47.6 Å². The molecule has 2 heterocycles. The summed E-state index contributed by atoms with van der Waals surface area (Å²) < 4.78 is 44.8. The Morgan fingerprint density at radius 3 is 2.57 bits per heavy atom. The number of rotatable bonds is 9. The van der Waals surface area contributed by atoms with Gasteiger partial charge < -0.3 is 15.0 Å². The standard InChI is InChI=1S/C29H32F3N3O2/c1-3-22-16-23-7-10-26(37-14-4-12-33-27-15-20(2)11-13-34-27)17-24(23)19-35(28(22)36)18-21-5-8-25(9-6-21)29(30,31)32/h5-11,13,15,17,22H,3-4,12,14,16,18-19H2,1-2H3,(H,33,34). The fourth-order valence-corrected chi connectivity index (χ4v) is 4.52. The minimum absolute atomic E-state index is 0.0249. The van der Waals surface area contributed by atoms with Crippen LogP contribution in [0.2, 0.25) is 0 Å². The number of carbonyl (C=O) groups is 1. The lowest BCUT2D eigenvalue weighted by Crippen LogP contribution is -2.34. The number of pyridine rings is 1. The van der Waals surface area contributed by atoms with E-state index in [1.54, 1.807) is 11.1 Å². The summed E-state index contributed by atoms with van der Waals surface area (Å²) >= 11 is 0. The lowest BCUT2D eigenvalue weighted by molar-refractivity contribution is -0.138. The van der Waals surface area contributed by atoms with Gasteiger partial charge in [0.15, 0.2) is 0 Å². The molecule has 0 bridgehead atoms. The van der Waals surface area contributed by atoms with Gasteiger partial charge in [0.25, 0.3) is 0 Å². The van der Waals surface area contributed by atoms with E-state index in [4.69, 9.17) is 4.74 Å². The van der Waals surface area contributed by atoms with Crippen molar-refractivity contribution in [1.29, 1.82) is 0 Å². The Bertz CT molecular complexity index is 1210. The van der Waals surface area contributed by atoms with Crippen molar-refractivity contribution in [3.05, 3.63) is 88.6 Å². The van der Waals surface area contributed by atoms with Crippen LogP contribution < -0.4 is 10.1 Å². The average molecular weight is 512 g/mol. The maximum atomic E-state index is 13.2. The van der Waals surface area contributed by atoms with Crippen LogP contribution >= 0.6 is 0 Å². The second kappa shape index (κ2) is 11.7. The van der Waals surface area contributed by atoms with Gasteiger partial charge in [0.2, 0.25) is 5.91 Å². The van der Waals surface area contributed by atoms with Gasteiger partial charge in [0, 0.05) is 31.7 Å². The molecular weight excluding hydrogens is 479 g/mol. The number of hydrogen-bond acceptors (Lipinski definition) is 4. The highest BCUT2D eigenvalue weighted by atomic mass is 19.4. The van der Waals surface area contributed by atoms with E-state index in [2.05, 4.69) is 10.3 Å². The number of ether oxygens (including phenoxy) is 1. The summed E-state index contributed by atoms with van der Waals surface area (Å²) in [6.45, 7) is 5.93. The molecule has 1 aromatic heterocycles. The minimum atomic E-state index is -4.38. The number of alkyl halides is 3. The number of anilines is 1. The third-order valence-corrected chi connectivity index (χ3v) is 6.63. The summed E-state index contributed by atoms with van der Waals surface area (Å²) in [5.41, 5.74) is 3.24. The molecule has 0 radical (unpaired) electrons. The van der Waals surface area contributed by atoms with E-state index in [9.17, 15) is 18.0 Å². The maximum Gasteiger partial charge on any atom is 0.416 e. The van der Waals surface area contributed by atoms with E-state index in [-0.39, 0.29) is 18.4 Å². The van der Waals surface area contributed by atoms with Crippen LogP contribution in [-0.4, -0.2) is 28.9 Å². The van der Waals surface area contributed by atoms with Crippen molar-refractivity contribution < 1.29 is 22.7 Å². The predicted octanol–water partition coefficient (Wildman–Crippen LogP) is 6.40. The fraction of sp³-hybridized carbons (Fsp3) is 0.379. The number of hydrogen-bond donors (Lipinski definition) is 1. The van der Waals surface area contributed by atoms with E-state index in [0.29, 0.717) is 31.6 Å². The zero-order chi connectivity index (χ0) is 26.4. The van der Waals surface area contributed by atoms with Crippen molar-refractivity contribution >= 4 is 11.7 Å². The van der Waals surface area contributed by atoms with E-state index in [1.165, 1.54) is 12.1 Å². The van der Waals surface area contributed by atoms with Crippen LogP contribution in [0.15, 0.2) is 60.8 Å². The van der Waals surface area contributed by atoms with Crippen molar-refractivity contribution in [3.63, 3.8) is 0 Å². The normalized spacial score (nSPS) is 15.8. The van der Waals surface area contributed by atoms with Crippen LogP contribution in [0.4, 0.5) is 19.0 Å². The number of nitrogens with zero attached hydrogens (tertiary/aromatic N) is 2. The Balaban J connectivity index is 1.39. The zero-order valence-electron chi connectivity index (χ0n) is 21.1. The molecule has 1 atom stereocenters. The number of amides is 1. The Hall–Kier alpha value is -3.55. The van der Waals surface area contributed by atoms with Crippen LogP contribution in [0.3, 0.4) is 0 Å². The van der Waals surface area contributed by atoms with Crippen molar-refractivity contribution in [1.82, 2.24) is 9.88 Å². The van der Waals surface area contributed by atoms with Crippen molar-refractivity contribution in [2.45, 2.75) is 52.4 Å². The van der Waals surface area contributed by atoms with Gasteiger partial charge in [-0.2, -0.15) is 13.2 Å². The first-order valence-corrected chi connectivity index (χ1v) is 12.6. The summed E-state index contributed by atoms with van der Waals surface area (Å²) in [6, 6.07) is 14.9. The topological polar surface area (TPSA) is 54.5 Å². The van der Waals surface area contributed by atoms with E-state index in [0.717, 1.165) is 53.4 Å². The fourth-order valence-electron chi connectivity index (χ4n) is 4.52. The molecule has 4 rings (SSSR count). The zero-order valence-corrected chi connectivity index (χ0v) is 21.1. The van der Waals surface area contributed by atoms with Crippen molar-refractivity contribution in [2.24, 2.45) is 5.92 Å². The molecule has 1 aliphatic rings. The number of carbonyl (C=O) groups excluding carboxylic acids is 1. The molecule has 2 aromatic carbocycles. The molecule has 0 saturated heterocycles. The Kier molecular flexibility index (Phi) is 8.36. The first-order chi connectivity index (χ1) is 17.7. The van der Waals surface area contributed by atoms with Crippen LogP contribution in [0.25, 0.3) is 0 Å². The molecule has 3 aromatic rings. The number of aryl methyl sites for hydroxylation is 1. The maximum absolute atomic E-state index is 13.2. The molecular formula is C29H32F3N3O2.